The van der Waals surface area contributed by atoms with Gasteiger partial charge >= 0.3 is 13.1 Å². The molecule has 0 radical (unpaired) electrons. The van der Waals surface area contributed by atoms with Crippen molar-refractivity contribution in [3.63, 3.8) is 0 Å². The quantitative estimate of drug-likeness (QED) is 0.869. The number of carbonyl (C=O) groups is 1. The van der Waals surface area contributed by atoms with Gasteiger partial charge in [0, 0.05) is 0 Å². The number of hydrogen-bond acceptors (Lipinski definition) is 3. The fourth-order valence-corrected chi connectivity index (χ4v) is 2.56. The fraction of sp³-hybridized carbons (Fsp3) is 0.588. The molecule has 1 saturated heterocycles. The van der Waals surface area contributed by atoms with Gasteiger partial charge in [-0.15, -0.1) is 0 Å². The van der Waals surface area contributed by atoms with E-state index < -0.39 is 24.3 Å². The van der Waals surface area contributed by atoms with Gasteiger partial charge in [0.05, 0.1) is 16.8 Å². The molecule has 1 aliphatic rings. The van der Waals surface area contributed by atoms with Gasteiger partial charge in [0.15, 0.2) is 0 Å². The molecule has 5 heteroatoms. The first kappa shape index (κ1) is 17.0. The van der Waals surface area contributed by atoms with Crippen LogP contribution < -0.4 is 5.46 Å². The molecule has 0 aliphatic carbocycles. The molecule has 0 spiro atoms. The highest BCUT2D eigenvalue weighted by atomic mass is 16.7. The first-order valence-corrected chi connectivity index (χ1v) is 7.75. The van der Waals surface area contributed by atoms with Gasteiger partial charge in [0.1, 0.15) is 0 Å². The second-order valence-corrected chi connectivity index (χ2v) is 7.40. The third-order valence-electron chi connectivity index (χ3n) is 4.53. The summed E-state index contributed by atoms with van der Waals surface area (Å²) in [6.07, 6.45) is 0.792. The highest BCUT2D eigenvalue weighted by Gasteiger charge is 2.52. The predicted molar refractivity (Wildman–Crippen MR) is 87.7 cm³/mol. The molecule has 0 atom stereocenters. The van der Waals surface area contributed by atoms with Crippen molar-refractivity contribution < 1.29 is 19.2 Å². The van der Waals surface area contributed by atoms with Crippen LogP contribution in [0, 0.1) is 5.92 Å². The van der Waals surface area contributed by atoms with Gasteiger partial charge in [-0.3, -0.25) is 0 Å². The van der Waals surface area contributed by atoms with Crippen LogP contribution in [0.25, 0.3) is 0 Å². The van der Waals surface area contributed by atoms with Crippen LogP contribution in [0.3, 0.4) is 0 Å². The van der Waals surface area contributed by atoms with Crippen LogP contribution in [-0.2, 0) is 15.7 Å². The van der Waals surface area contributed by atoms with Crippen molar-refractivity contribution in [2.75, 3.05) is 0 Å². The number of carboxylic acid groups (broad SMARTS) is 1. The summed E-state index contributed by atoms with van der Waals surface area (Å²) in [4.78, 5) is 11.2. The Morgan fingerprint density at radius 1 is 1.18 bits per heavy atom. The van der Waals surface area contributed by atoms with Gasteiger partial charge in [0.2, 0.25) is 0 Å². The Balaban J connectivity index is 2.41. The molecule has 2 rings (SSSR count). The zero-order chi connectivity index (χ0) is 16.7. The maximum Gasteiger partial charge on any atom is 0.495 e. The third kappa shape index (κ3) is 3.20. The van der Waals surface area contributed by atoms with E-state index in [1.165, 1.54) is 0 Å². The standard InChI is InChI=1S/C17H25BO4/c1-11(2)9-13-10-12(15(19)20)7-8-14(13)18-21-16(3,4)17(5,6)22-18/h7-8,10-11H,9H2,1-6H3,(H,19,20). The molecule has 0 unspecified atom stereocenters. The largest absolute Gasteiger partial charge is 0.495 e. The summed E-state index contributed by atoms with van der Waals surface area (Å²) in [6.45, 7) is 12.3. The van der Waals surface area contributed by atoms with Crippen molar-refractivity contribution in [1.29, 1.82) is 0 Å². The summed E-state index contributed by atoms with van der Waals surface area (Å²) in [6, 6.07) is 5.18. The molecule has 120 valence electrons. The minimum atomic E-state index is -0.912. The molecule has 0 aromatic heterocycles. The Bertz CT molecular complexity index is 562. The minimum Gasteiger partial charge on any atom is -0.478 e. The summed E-state index contributed by atoms with van der Waals surface area (Å²) in [5.41, 5.74) is 1.40. The van der Waals surface area contributed by atoms with Gasteiger partial charge in [-0.05, 0) is 63.2 Å². The molecule has 0 bridgehead atoms. The van der Waals surface area contributed by atoms with Crippen LogP contribution in [0.15, 0.2) is 18.2 Å². The van der Waals surface area contributed by atoms with E-state index in [-0.39, 0.29) is 0 Å². The lowest BCUT2D eigenvalue weighted by Crippen LogP contribution is -2.41. The molecule has 22 heavy (non-hydrogen) atoms. The summed E-state index contributed by atoms with van der Waals surface area (Å²) >= 11 is 0. The van der Waals surface area contributed by atoms with E-state index in [0.29, 0.717) is 11.5 Å². The van der Waals surface area contributed by atoms with E-state index in [9.17, 15) is 9.90 Å². The normalized spacial score (nSPS) is 19.7. The van der Waals surface area contributed by atoms with Crippen molar-refractivity contribution in [2.24, 2.45) is 5.92 Å². The van der Waals surface area contributed by atoms with Crippen LogP contribution in [0.1, 0.15) is 57.5 Å². The van der Waals surface area contributed by atoms with Gasteiger partial charge in [-0.2, -0.15) is 0 Å². The van der Waals surface area contributed by atoms with E-state index in [2.05, 4.69) is 13.8 Å². The summed E-state index contributed by atoms with van der Waals surface area (Å²) in [5.74, 6) is -0.490. The van der Waals surface area contributed by atoms with Crippen LogP contribution >= 0.6 is 0 Å². The summed E-state index contributed by atoms with van der Waals surface area (Å²) < 4.78 is 12.2. The number of hydrogen-bond donors (Lipinski definition) is 1. The predicted octanol–water partition coefficient (Wildman–Crippen LogP) is 2.88. The maximum atomic E-state index is 11.2. The molecule has 1 aromatic rings. The molecule has 4 nitrogen and oxygen atoms in total. The minimum absolute atomic E-state index is 0.302. The van der Waals surface area contributed by atoms with E-state index in [1.54, 1.807) is 12.1 Å². The first-order chi connectivity index (χ1) is 10.0. The fourth-order valence-electron chi connectivity index (χ4n) is 2.56. The molecule has 1 fully saturated rings. The lowest BCUT2D eigenvalue weighted by molar-refractivity contribution is 0.00578. The van der Waals surface area contributed by atoms with E-state index >= 15 is 0 Å². The smallest absolute Gasteiger partial charge is 0.478 e. The highest BCUT2D eigenvalue weighted by Crippen LogP contribution is 2.36. The van der Waals surface area contributed by atoms with E-state index in [4.69, 9.17) is 9.31 Å². The molecule has 1 N–H and O–H groups in total. The molecule has 0 saturated carbocycles. The summed E-state index contributed by atoms with van der Waals surface area (Å²) in [5, 5.41) is 9.20. The lowest BCUT2D eigenvalue weighted by atomic mass is 9.74. The SMILES string of the molecule is CC(C)Cc1cc(C(=O)O)ccc1B1OC(C)(C)C(C)(C)O1. The van der Waals surface area contributed by atoms with Crippen LogP contribution in [0.5, 0.6) is 0 Å². The van der Waals surface area contributed by atoms with Gasteiger partial charge in [-0.25, -0.2) is 4.79 Å². The Labute approximate surface area is 133 Å². The van der Waals surface area contributed by atoms with Crippen LogP contribution in [0.4, 0.5) is 0 Å². The zero-order valence-corrected chi connectivity index (χ0v) is 14.3. The molecule has 1 heterocycles. The number of rotatable bonds is 4. The Morgan fingerprint density at radius 3 is 2.18 bits per heavy atom. The summed E-state index contributed by atoms with van der Waals surface area (Å²) in [7, 11) is -0.457. The van der Waals surface area contributed by atoms with Gasteiger partial charge in [0.25, 0.3) is 0 Å². The van der Waals surface area contributed by atoms with Crippen molar-refractivity contribution in [1.82, 2.24) is 0 Å². The van der Waals surface area contributed by atoms with Crippen LogP contribution in [0.2, 0.25) is 0 Å². The molecule has 1 aromatic carbocycles. The third-order valence-corrected chi connectivity index (χ3v) is 4.53. The second-order valence-electron chi connectivity index (χ2n) is 7.40. The molecule has 0 amide bonds. The van der Waals surface area contributed by atoms with Gasteiger partial charge < -0.3 is 14.4 Å². The topological polar surface area (TPSA) is 55.8 Å². The van der Waals surface area contributed by atoms with Crippen LogP contribution in [-0.4, -0.2) is 29.4 Å². The van der Waals surface area contributed by atoms with Crippen molar-refractivity contribution >= 4 is 18.6 Å². The number of benzene rings is 1. The average Bonchev–Trinajstić information content (AvgIpc) is 2.57. The molecular formula is C17H25BO4. The Morgan fingerprint density at radius 2 is 1.73 bits per heavy atom. The average molecular weight is 304 g/mol. The zero-order valence-electron chi connectivity index (χ0n) is 14.3. The highest BCUT2D eigenvalue weighted by molar-refractivity contribution is 6.62. The monoisotopic (exact) mass is 304 g/mol. The molecular weight excluding hydrogens is 279 g/mol. The number of carboxylic acids is 1. The first-order valence-electron chi connectivity index (χ1n) is 7.75. The second kappa shape index (κ2) is 5.71. The number of aromatic carboxylic acids is 1. The maximum absolute atomic E-state index is 11.2. The van der Waals surface area contributed by atoms with Crippen molar-refractivity contribution in [2.45, 2.75) is 59.2 Å². The van der Waals surface area contributed by atoms with Crippen molar-refractivity contribution in [3.05, 3.63) is 29.3 Å². The molecule has 1 aliphatic heterocycles. The Hall–Kier alpha value is -1.33. The van der Waals surface area contributed by atoms with Gasteiger partial charge in [-0.1, -0.05) is 19.9 Å². The van der Waals surface area contributed by atoms with E-state index in [1.807, 2.05) is 33.8 Å². The lowest BCUT2D eigenvalue weighted by Gasteiger charge is -2.32. The Kier molecular flexibility index (Phi) is 4.42. The van der Waals surface area contributed by atoms with E-state index in [0.717, 1.165) is 17.4 Å². The van der Waals surface area contributed by atoms with Crippen molar-refractivity contribution in [3.8, 4) is 0 Å².